The van der Waals surface area contributed by atoms with Gasteiger partial charge in [0.2, 0.25) is 17.7 Å². The van der Waals surface area contributed by atoms with E-state index in [4.69, 9.17) is 5.73 Å². The van der Waals surface area contributed by atoms with Crippen molar-refractivity contribution < 1.29 is 29.4 Å². The van der Waals surface area contributed by atoms with E-state index in [2.05, 4.69) is 38.5 Å². The largest absolute Gasteiger partial charge is 0.508 e. The number of nitrogens with two attached hydrogens (primary N) is 1. The number of H-pyrrole nitrogens is 1. The summed E-state index contributed by atoms with van der Waals surface area (Å²) in [6.07, 6.45) is 3.36. The number of rotatable bonds is 14. The molecule has 0 aliphatic rings. The number of carbonyl (C=O) groups is 4. The molecule has 3 amide bonds. The molecule has 0 bridgehead atoms. The zero-order valence-electron chi connectivity index (χ0n) is 20.7. The first-order valence-electron chi connectivity index (χ1n) is 11.8. The normalized spacial score (nSPS) is 15.0. The monoisotopic (exact) mass is 534 g/mol. The first-order valence-corrected chi connectivity index (χ1v) is 12.4. The summed E-state index contributed by atoms with van der Waals surface area (Å²) < 4.78 is 0. The summed E-state index contributed by atoms with van der Waals surface area (Å²) in [6.45, 7) is 3.62. The van der Waals surface area contributed by atoms with Crippen LogP contribution in [0, 0.1) is 5.92 Å². The maximum absolute atomic E-state index is 13.3. The maximum Gasteiger partial charge on any atom is 0.326 e. The van der Waals surface area contributed by atoms with Gasteiger partial charge in [0.05, 0.1) is 12.4 Å². The fraction of sp³-hybridized carbons (Fsp3) is 0.458. The lowest BCUT2D eigenvalue weighted by molar-refractivity contribution is -0.142. The van der Waals surface area contributed by atoms with Gasteiger partial charge in [-0.2, -0.15) is 12.6 Å². The van der Waals surface area contributed by atoms with Gasteiger partial charge in [-0.05, 0) is 23.6 Å². The summed E-state index contributed by atoms with van der Waals surface area (Å²) in [5.41, 5.74) is 6.86. The van der Waals surface area contributed by atoms with Crippen molar-refractivity contribution in [3.63, 3.8) is 0 Å². The first-order chi connectivity index (χ1) is 17.5. The Morgan fingerprint density at radius 3 is 2.22 bits per heavy atom. The molecule has 1 aromatic carbocycles. The lowest BCUT2D eigenvalue weighted by Crippen LogP contribution is -2.59. The molecule has 2 rings (SSSR count). The Balaban J connectivity index is 2.27. The van der Waals surface area contributed by atoms with Crippen LogP contribution in [0.3, 0.4) is 0 Å². The Kier molecular flexibility index (Phi) is 11.4. The zero-order chi connectivity index (χ0) is 27.5. The van der Waals surface area contributed by atoms with E-state index in [1.165, 1.54) is 24.7 Å². The zero-order valence-corrected chi connectivity index (χ0v) is 21.6. The average Bonchev–Trinajstić information content (AvgIpc) is 3.39. The highest BCUT2D eigenvalue weighted by atomic mass is 32.1. The van der Waals surface area contributed by atoms with Crippen LogP contribution in [0.15, 0.2) is 36.8 Å². The molecule has 8 N–H and O–H groups in total. The van der Waals surface area contributed by atoms with Gasteiger partial charge in [0.1, 0.15) is 23.9 Å². The summed E-state index contributed by atoms with van der Waals surface area (Å²) in [5, 5.41) is 27.0. The molecule has 202 valence electrons. The smallest absolute Gasteiger partial charge is 0.326 e. The molecule has 0 spiro atoms. The van der Waals surface area contributed by atoms with Gasteiger partial charge in [0.15, 0.2) is 0 Å². The molecule has 12 nitrogen and oxygen atoms in total. The van der Waals surface area contributed by atoms with Gasteiger partial charge in [0, 0.05) is 30.5 Å². The van der Waals surface area contributed by atoms with Crippen molar-refractivity contribution >= 4 is 36.3 Å². The number of benzene rings is 1. The van der Waals surface area contributed by atoms with Crippen molar-refractivity contribution in [1.29, 1.82) is 0 Å². The molecule has 1 heterocycles. The van der Waals surface area contributed by atoms with E-state index in [0.29, 0.717) is 17.7 Å². The Labute approximate surface area is 220 Å². The molecule has 0 aliphatic carbocycles. The number of carboxylic acid groups (broad SMARTS) is 1. The van der Waals surface area contributed by atoms with Crippen molar-refractivity contribution in [3.8, 4) is 5.75 Å². The number of aromatic nitrogens is 2. The van der Waals surface area contributed by atoms with Crippen LogP contribution in [0.4, 0.5) is 0 Å². The van der Waals surface area contributed by atoms with Gasteiger partial charge >= 0.3 is 5.97 Å². The van der Waals surface area contributed by atoms with Crippen LogP contribution in [-0.2, 0) is 32.0 Å². The fourth-order valence-corrected chi connectivity index (χ4v) is 3.64. The van der Waals surface area contributed by atoms with Crippen LogP contribution in [0.25, 0.3) is 0 Å². The summed E-state index contributed by atoms with van der Waals surface area (Å²) in [4.78, 5) is 57.4. The number of thiol groups is 1. The third kappa shape index (κ3) is 9.10. The molecule has 0 fully saturated rings. The fourth-order valence-electron chi connectivity index (χ4n) is 3.47. The molecule has 0 saturated heterocycles. The van der Waals surface area contributed by atoms with E-state index < -0.39 is 47.9 Å². The minimum atomic E-state index is -1.29. The second-order valence-corrected chi connectivity index (χ2v) is 9.14. The van der Waals surface area contributed by atoms with E-state index in [0.717, 1.165) is 0 Å². The van der Waals surface area contributed by atoms with E-state index in [-0.39, 0.29) is 30.3 Å². The third-order valence-corrected chi connectivity index (χ3v) is 6.32. The van der Waals surface area contributed by atoms with E-state index in [1.54, 1.807) is 19.1 Å². The maximum atomic E-state index is 13.3. The number of aromatic hydroxyl groups is 1. The number of aromatic amines is 1. The van der Waals surface area contributed by atoms with Crippen molar-refractivity contribution in [2.24, 2.45) is 11.7 Å². The molecular formula is C24H34N6O6S. The van der Waals surface area contributed by atoms with Gasteiger partial charge in [-0.1, -0.05) is 32.4 Å². The molecule has 5 atom stereocenters. The van der Waals surface area contributed by atoms with Crippen LogP contribution in [0.5, 0.6) is 5.75 Å². The van der Waals surface area contributed by atoms with Gasteiger partial charge < -0.3 is 36.9 Å². The second-order valence-electron chi connectivity index (χ2n) is 8.77. The number of aliphatic carboxylic acids is 1. The van der Waals surface area contributed by atoms with Gasteiger partial charge in [-0.25, -0.2) is 9.78 Å². The van der Waals surface area contributed by atoms with Crippen LogP contribution in [0.2, 0.25) is 0 Å². The quantitative estimate of drug-likeness (QED) is 0.152. The van der Waals surface area contributed by atoms with E-state index in [9.17, 15) is 29.4 Å². The number of amides is 3. The molecule has 1 aromatic heterocycles. The molecule has 5 unspecified atom stereocenters. The summed E-state index contributed by atoms with van der Waals surface area (Å²) in [7, 11) is 0. The Morgan fingerprint density at radius 1 is 1.03 bits per heavy atom. The van der Waals surface area contributed by atoms with E-state index >= 15 is 0 Å². The highest BCUT2D eigenvalue weighted by Gasteiger charge is 2.32. The van der Waals surface area contributed by atoms with Gasteiger partial charge in [-0.3, -0.25) is 14.4 Å². The predicted octanol–water partition coefficient (Wildman–Crippen LogP) is -0.257. The molecule has 37 heavy (non-hydrogen) atoms. The third-order valence-electron chi connectivity index (χ3n) is 5.93. The molecule has 0 saturated carbocycles. The number of phenolic OH excluding ortho intramolecular Hbond substituents is 1. The van der Waals surface area contributed by atoms with E-state index in [1.807, 2.05) is 6.92 Å². The van der Waals surface area contributed by atoms with Crippen LogP contribution >= 0.6 is 12.6 Å². The Hall–Kier alpha value is -3.58. The number of hydrogen-bond donors (Lipinski definition) is 8. The van der Waals surface area contributed by atoms with Crippen molar-refractivity contribution in [3.05, 3.63) is 48.0 Å². The number of imidazole rings is 1. The van der Waals surface area contributed by atoms with Gasteiger partial charge in [0.25, 0.3) is 0 Å². The minimum absolute atomic E-state index is 0.00553. The van der Waals surface area contributed by atoms with Crippen LogP contribution in [-0.4, -0.2) is 73.8 Å². The molecule has 0 radical (unpaired) electrons. The number of phenols is 1. The lowest BCUT2D eigenvalue weighted by atomic mass is 9.96. The summed E-state index contributed by atoms with van der Waals surface area (Å²) >= 11 is 4.02. The Bertz CT molecular complexity index is 1050. The highest BCUT2D eigenvalue weighted by Crippen LogP contribution is 2.13. The minimum Gasteiger partial charge on any atom is -0.508 e. The second kappa shape index (κ2) is 14.2. The number of carboxylic acids is 1. The molecule has 13 heteroatoms. The van der Waals surface area contributed by atoms with Gasteiger partial charge in [-0.15, -0.1) is 0 Å². The molecule has 2 aromatic rings. The van der Waals surface area contributed by atoms with Crippen molar-refractivity contribution in [2.75, 3.05) is 5.75 Å². The summed E-state index contributed by atoms with van der Waals surface area (Å²) in [5.74, 6) is -3.34. The predicted molar refractivity (Wildman–Crippen MR) is 139 cm³/mol. The molecular weight excluding hydrogens is 500 g/mol. The number of nitrogens with one attached hydrogen (secondary N) is 4. The Morgan fingerprint density at radius 2 is 1.68 bits per heavy atom. The van der Waals surface area contributed by atoms with Crippen LogP contribution < -0.4 is 21.7 Å². The SMILES string of the molecule is CCC(C)C(NC(=O)C(N)CS)C(=O)NC(Cc1ccc(O)cc1)C(=O)NC(Cc1cnc[nH]1)C(=O)O. The lowest BCUT2D eigenvalue weighted by Gasteiger charge is -2.28. The van der Waals surface area contributed by atoms with Crippen molar-refractivity contribution in [2.45, 2.75) is 57.3 Å². The van der Waals surface area contributed by atoms with Crippen molar-refractivity contribution in [1.82, 2.24) is 25.9 Å². The molecule has 0 aliphatic heterocycles. The topological polar surface area (TPSA) is 200 Å². The number of carbonyl (C=O) groups excluding carboxylic acids is 3. The highest BCUT2D eigenvalue weighted by molar-refractivity contribution is 7.80. The number of hydrogen-bond acceptors (Lipinski definition) is 8. The standard InChI is InChI=1S/C24H34N6O6S/c1-3-13(2)20(30-21(32)17(25)11-37)23(34)28-18(8-14-4-6-16(31)7-5-14)22(33)29-19(24(35)36)9-15-10-26-12-27-15/h4-7,10,12-13,17-20,31,37H,3,8-9,11,25H2,1-2H3,(H,26,27)(H,28,34)(H,29,33)(H,30,32)(H,35,36). The van der Waals surface area contributed by atoms with Crippen LogP contribution in [0.1, 0.15) is 31.5 Å². The summed E-state index contributed by atoms with van der Waals surface area (Å²) in [6, 6.07) is 1.67. The average molecular weight is 535 g/mol. The number of nitrogens with zero attached hydrogens (tertiary/aromatic N) is 1. The first kappa shape index (κ1) is 29.6.